The predicted octanol–water partition coefficient (Wildman–Crippen LogP) is 2.35. The van der Waals surface area contributed by atoms with Gasteiger partial charge in [-0.25, -0.2) is 4.79 Å². The Kier molecular flexibility index (Phi) is 2.70. The number of imidazole rings is 1. The molecular formula is C9H8N2O2S2. The van der Waals surface area contributed by atoms with Crippen molar-refractivity contribution in [2.24, 2.45) is 0 Å². The van der Waals surface area contributed by atoms with Crippen molar-refractivity contribution < 1.29 is 9.90 Å². The zero-order valence-electron chi connectivity index (χ0n) is 7.64. The van der Waals surface area contributed by atoms with Crippen LogP contribution in [0.5, 0.6) is 0 Å². The van der Waals surface area contributed by atoms with E-state index in [1.807, 2.05) is 17.5 Å². The minimum atomic E-state index is -0.973. The van der Waals surface area contributed by atoms with Crippen LogP contribution in [0.2, 0.25) is 0 Å². The third-order valence-electron chi connectivity index (χ3n) is 1.98. The molecular weight excluding hydrogens is 232 g/mol. The van der Waals surface area contributed by atoms with E-state index in [-0.39, 0.29) is 5.69 Å². The number of carboxylic acids is 1. The highest BCUT2D eigenvalue weighted by atomic mass is 32.1. The van der Waals surface area contributed by atoms with E-state index < -0.39 is 5.97 Å². The lowest BCUT2D eigenvalue weighted by Crippen LogP contribution is -2.08. The Labute approximate surface area is 94.8 Å². The molecule has 6 heteroatoms. The summed E-state index contributed by atoms with van der Waals surface area (Å²) in [5.74, 6) is -0.973. The first-order valence-electron chi connectivity index (χ1n) is 4.22. The van der Waals surface area contributed by atoms with Gasteiger partial charge in [-0.2, -0.15) is 0 Å². The average Bonchev–Trinajstić information content (AvgIpc) is 2.78. The topological polar surface area (TPSA) is 58.0 Å². The smallest absolute Gasteiger partial charge is 0.354 e. The Hall–Kier alpha value is -1.40. The van der Waals surface area contributed by atoms with Gasteiger partial charge < -0.3 is 14.7 Å². The Morgan fingerprint density at radius 1 is 1.67 bits per heavy atom. The van der Waals surface area contributed by atoms with Crippen LogP contribution in [0.15, 0.2) is 23.7 Å². The number of rotatable bonds is 3. The lowest BCUT2D eigenvalue weighted by molar-refractivity contribution is 0.0685. The molecule has 15 heavy (non-hydrogen) atoms. The molecule has 4 nitrogen and oxygen atoms in total. The first kappa shape index (κ1) is 10.1. The summed E-state index contributed by atoms with van der Waals surface area (Å²) in [6, 6.07) is 3.88. The van der Waals surface area contributed by atoms with Crippen LogP contribution < -0.4 is 0 Å². The maximum absolute atomic E-state index is 10.9. The third-order valence-corrected chi connectivity index (χ3v) is 3.18. The summed E-state index contributed by atoms with van der Waals surface area (Å²) >= 11 is 6.59. The van der Waals surface area contributed by atoms with Crippen molar-refractivity contribution in [3.05, 3.63) is 39.1 Å². The Balaban J connectivity index is 2.39. The van der Waals surface area contributed by atoms with Gasteiger partial charge in [0.1, 0.15) is 5.69 Å². The molecule has 0 bridgehead atoms. The highest BCUT2D eigenvalue weighted by Gasteiger charge is 2.11. The molecule has 78 valence electrons. The highest BCUT2D eigenvalue weighted by Crippen LogP contribution is 2.12. The van der Waals surface area contributed by atoms with Gasteiger partial charge in [0.05, 0.1) is 6.54 Å². The van der Waals surface area contributed by atoms with E-state index in [1.165, 1.54) is 6.20 Å². The normalized spacial score (nSPS) is 10.4. The molecule has 0 saturated heterocycles. The molecule has 2 N–H and O–H groups in total. The molecule has 0 aliphatic rings. The SMILES string of the molecule is O=C(O)c1c[nH]c(=S)n1Cc1cccs1. The van der Waals surface area contributed by atoms with Crippen LogP contribution >= 0.6 is 23.6 Å². The van der Waals surface area contributed by atoms with Crippen molar-refractivity contribution in [2.75, 3.05) is 0 Å². The number of carbonyl (C=O) groups is 1. The van der Waals surface area contributed by atoms with Gasteiger partial charge in [-0.3, -0.25) is 0 Å². The third kappa shape index (κ3) is 2.00. The van der Waals surface area contributed by atoms with Crippen LogP contribution in [0.1, 0.15) is 15.4 Å². The van der Waals surface area contributed by atoms with Crippen LogP contribution in [-0.4, -0.2) is 20.6 Å². The van der Waals surface area contributed by atoms with Crippen LogP contribution in [0.25, 0.3) is 0 Å². The summed E-state index contributed by atoms with van der Waals surface area (Å²) in [4.78, 5) is 14.7. The molecule has 0 fully saturated rings. The van der Waals surface area contributed by atoms with Gasteiger partial charge in [0.2, 0.25) is 0 Å². The fourth-order valence-corrected chi connectivity index (χ4v) is 2.20. The molecule has 0 unspecified atom stereocenters. The zero-order valence-corrected chi connectivity index (χ0v) is 9.27. The summed E-state index contributed by atoms with van der Waals surface area (Å²) < 4.78 is 2.00. The van der Waals surface area contributed by atoms with Gasteiger partial charge in [-0.05, 0) is 23.7 Å². The largest absolute Gasteiger partial charge is 0.477 e. The van der Waals surface area contributed by atoms with E-state index in [2.05, 4.69) is 4.98 Å². The first-order valence-corrected chi connectivity index (χ1v) is 5.51. The molecule has 0 atom stereocenters. The van der Waals surface area contributed by atoms with Gasteiger partial charge in [-0.15, -0.1) is 11.3 Å². The average molecular weight is 240 g/mol. The van der Waals surface area contributed by atoms with Gasteiger partial charge >= 0.3 is 5.97 Å². The van der Waals surface area contributed by atoms with E-state index in [0.717, 1.165) is 4.88 Å². The summed E-state index contributed by atoms with van der Waals surface area (Å²) in [5, 5.41) is 10.9. The number of aromatic nitrogens is 2. The molecule has 0 aliphatic heterocycles. The van der Waals surface area contributed by atoms with E-state index in [4.69, 9.17) is 17.3 Å². The Morgan fingerprint density at radius 2 is 2.47 bits per heavy atom. The molecule has 0 aromatic carbocycles. The molecule has 2 aromatic rings. The van der Waals surface area contributed by atoms with Crippen molar-refractivity contribution in [1.82, 2.24) is 9.55 Å². The minimum Gasteiger partial charge on any atom is -0.477 e. The fraction of sp³-hybridized carbons (Fsp3) is 0.111. The summed E-state index contributed by atoms with van der Waals surface area (Å²) in [6.45, 7) is 0.502. The molecule has 0 aliphatic carbocycles. The number of thiophene rings is 1. The predicted molar refractivity (Wildman–Crippen MR) is 60.0 cm³/mol. The number of H-pyrrole nitrogens is 1. The lowest BCUT2D eigenvalue weighted by Gasteiger charge is -2.02. The van der Waals surface area contributed by atoms with Crippen LogP contribution in [0.3, 0.4) is 0 Å². The van der Waals surface area contributed by atoms with Crippen molar-refractivity contribution in [3.63, 3.8) is 0 Å². The standard InChI is InChI=1S/C9H8N2O2S2/c12-8(13)7-4-10-9(14)11(7)5-6-2-1-3-15-6/h1-4H,5H2,(H,10,14)(H,12,13). The maximum atomic E-state index is 10.9. The van der Waals surface area contributed by atoms with Crippen LogP contribution in [0.4, 0.5) is 0 Å². The van der Waals surface area contributed by atoms with Gasteiger partial charge in [0, 0.05) is 11.1 Å². The second kappa shape index (κ2) is 4.00. The van der Waals surface area contributed by atoms with Gasteiger partial charge in [0.15, 0.2) is 4.77 Å². The van der Waals surface area contributed by atoms with Crippen molar-refractivity contribution in [2.45, 2.75) is 6.54 Å². The molecule has 2 rings (SSSR count). The second-order valence-electron chi connectivity index (χ2n) is 2.95. The minimum absolute atomic E-state index is 0.188. The molecule has 0 saturated carbocycles. The summed E-state index contributed by atoms with van der Waals surface area (Å²) in [7, 11) is 0. The molecule has 0 radical (unpaired) electrons. The first-order chi connectivity index (χ1) is 7.18. The second-order valence-corrected chi connectivity index (χ2v) is 4.37. The number of carboxylic acid groups (broad SMARTS) is 1. The van der Waals surface area contributed by atoms with Crippen molar-refractivity contribution >= 4 is 29.5 Å². The molecule has 0 spiro atoms. The summed E-state index contributed by atoms with van der Waals surface area (Å²) in [6.07, 6.45) is 1.41. The maximum Gasteiger partial charge on any atom is 0.354 e. The molecule has 2 aromatic heterocycles. The molecule has 2 heterocycles. The Bertz CT molecular complexity index is 525. The van der Waals surface area contributed by atoms with Crippen molar-refractivity contribution in [3.8, 4) is 0 Å². The highest BCUT2D eigenvalue weighted by molar-refractivity contribution is 7.71. The quantitative estimate of drug-likeness (QED) is 0.810. The zero-order chi connectivity index (χ0) is 10.8. The number of aromatic amines is 1. The van der Waals surface area contributed by atoms with Crippen LogP contribution in [-0.2, 0) is 6.54 Å². The number of aromatic carboxylic acids is 1. The fourth-order valence-electron chi connectivity index (χ4n) is 1.29. The van der Waals surface area contributed by atoms with E-state index in [9.17, 15) is 4.79 Å². The Morgan fingerprint density at radius 3 is 3.07 bits per heavy atom. The van der Waals surface area contributed by atoms with E-state index >= 15 is 0 Å². The van der Waals surface area contributed by atoms with Gasteiger partial charge in [0.25, 0.3) is 0 Å². The van der Waals surface area contributed by atoms with Crippen molar-refractivity contribution in [1.29, 1.82) is 0 Å². The molecule has 0 amide bonds. The number of hydrogen-bond donors (Lipinski definition) is 2. The summed E-state index contributed by atoms with van der Waals surface area (Å²) in [5.41, 5.74) is 0.188. The van der Waals surface area contributed by atoms with Crippen LogP contribution in [0, 0.1) is 4.77 Å². The number of nitrogens with one attached hydrogen (secondary N) is 1. The van der Waals surface area contributed by atoms with E-state index in [0.29, 0.717) is 11.3 Å². The number of hydrogen-bond acceptors (Lipinski definition) is 3. The van der Waals surface area contributed by atoms with Gasteiger partial charge in [-0.1, -0.05) is 6.07 Å². The number of nitrogens with zero attached hydrogens (tertiary/aromatic N) is 1. The monoisotopic (exact) mass is 240 g/mol. The lowest BCUT2D eigenvalue weighted by atomic mass is 10.4. The van der Waals surface area contributed by atoms with E-state index in [1.54, 1.807) is 15.9 Å².